The van der Waals surface area contributed by atoms with E-state index in [0.717, 1.165) is 26.7 Å². The van der Waals surface area contributed by atoms with Crippen molar-refractivity contribution in [3.63, 3.8) is 0 Å². The first kappa shape index (κ1) is 22.0. The molecule has 0 spiro atoms. The van der Waals surface area contributed by atoms with Gasteiger partial charge in [-0.25, -0.2) is 0 Å². The molecular weight excluding hydrogens is 276 g/mol. The summed E-state index contributed by atoms with van der Waals surface area (Å²) < 4.78 is 10.2. The van der Waals surface area contributed by atoms with Crippen LogP contribution < -0.4 is 5.73 Å². The normalized spacial score (nSPS) is 17.1. The van der Waals surface area contributed by atoms with Crippen molar-refractivity contribution in [2.45, 2.75) is 50.9 Å². The average molecular weight is 308 g/mol. The number of ether oxygens (including phenoxy) is 2. The van der Waals surface area contributed by atoms with Gasteiger partial charge in [-0.1, -0.05) is 19.8 Å². The van der Waals surface area contributed by atoms with E-state index in [1.54, 1.807) is 11.8 Å². The van der Waals surface area contributed by atoms with Crippen LogP contribution >= 0.6 is 11.8 Å². The van der Waals surface area contributed by atoms with Crippen molar-refractivity contribution in [3.8, 4) is 0 Å². The quantitative estimate of drug-likeness (QED) is 0.399. The SMILES string of the molecule is CCCCCN.CO.COC(=N)CSC1CCCCO1. The second-order valence-electron chi connectivity index (χ2n) is 4.23. The molecule has 0 bridgehead atoms. The predicted molar refractivity (Wildman–Crippen MR) is 87.5 cm³/mol. The minimum Gasteiger partial charge on any atom is -0.484 e. The Labute approximate surface area is 128 Å². The molecule has 1 heterocycles. The van der Waals surface area contributed by atoms with E-state index in [1.807, 2.05) is 0 Å². The first-order valence-electron chi connectivity index (χ1n) is 7.24. The molecule has 20 heavy (non-hydrogen) atoms. The molecule has 1 aliphatic heterocycles. The molecule has 1 fully saturated rings. The topological polar surface area (TPSA) is 88.6 Å². The molecule has 0 aliphatic carbocycles. The Hall–Kier alpha value is -0.300. The zero-order chi connectivity index (χ0) is 15.6. The highest BCUT2D eigenvalue weighted by Gasteiger charge is 2.14. The molecule has 1 rings (SSSR count). The van der Waals surface area contributed by atoms with E-state index in [2.05, 4.69) is 6.92 Å². The van der Waals surface area contributed by atoms with Crippen molar-refractivity contribution in [1.82, 2.24) is 0 Å². The van der Waals surface area contributed by atoms with Crippen LogP contribution in [0.4, 0.5) is 0 Å². The Morgan fingerprint density at radius 3 is 2.50 bits per heavy atom. The van der Waals surface area contributed by atoms with Gasteiger partial charge in [0.1, 0.15) is 5.44 Å². The fourth-order valence-corrected chi connectivity index (χ4v) is 2.45. The summed E-state index contributed by atoms with van der Waals surface area (Å²) in [4.78, 5) is 0. The van der Waals surface area contributed by atoms with Gasteiger partial charge < -0.3 is 20.3 Å². The molecule has 0 saturated carbocycles. The van der Waals surface area contributed by atoms with Crippen molar-refractivity contribution >= 4 is 17.7 Å². The number of nitrogens with two attached hydrogens (primary N) is 1. The van der Waals surface area contributed by atoms with Crippen LogP contribution in [-0.4, -0.2) is 49.6 Å². The minimum atomic E-state index is 0.286. The Bertz CT molecular complexity index is 197. The maximum Gasteiger partial charge on any atom is 0.190 e. The van der Waals surface area contributed by atoms with Crippen molar-refractivity contribution in [3.05, 3.63) is 0 Å². The van der Waals surface area contributed by atoms with E-state index in [4.69, 9.17) is 25.7 Å². The number of hydrogen-bond donors (Lipinski definition) is 3. The predicted octanol–water partition coefficient (Wildman–Crippen LogP) is 2.61. The first-order valence-corrected chi connectivity index (χ1v) is 8.28. The van der Waals surface area contributed by atoms with E-state index in [1.165, 1.54) is 39.2 Å². The highest BCUT2D eigenvalue weighted by molar-refractivity contribution is 8.00. The van der Waals surface area contributed by atoms with E-state index < -0.39 is 0 Å². The molecule has 122 valence electrons. The number of nitrogens with one attached hydrogen (secondary N) is 1. The smallest absolute Gasteiger partial charge is 0.190 e. The Kier molecular flexibility index (Phi) is 20.6. The van der Waals surface area contributed by atoms with Crippen molar-refractivity contribution in [2.24, 2.45) is 5.73 Å². The number of aliphatic hydroxyl groups excluding tert-OH is 1. The number of thioether (sulfide) groups is 1. The summed E-state index contributed by atoms with van der Waals surface area (Å²) in [5, 5.41) is 14.3. The second-order valence-corrected chi connectivity index (χ2v) is 5.38. The van der Waals surface area contributed by atoms with Crippen LogP contribution in [-0.2, 0) is 9.47 Å². The fourth-order valence-electron chi connectivity index (χ4n) is 1.46. The minimum absolute atomic E-state index is 0.286. The monoisotopic (exact) mass is 308 g/mol. The lowest BCUT2D eigenvalue weighted by Crippen LogP contribution is -2.17. The van der Waals surface area contributed by atoms with Crippen molar-refractivity contribution in [1.29, 1.82) is 5.41 Å². The number of rotatable bonds is 6. The second kappa shape index (κ2) is 18.7. The first-order chi connectivity index (χ1) is 9.74. The molecule has 1 aliphatic rings. The van der Waals surface area contributed by atoms with Crippen LogP contribution in [0, 0.1) is 5.41 Å². The number of hydrogen-bond acceptors (Lipinski definition) is 6. The third-order valence-electron chi connectivity index (χ3n) is 2.59. The molecule has 1 saturated heterocycles. The molecule has 4 N–H and O–H groups in total. The Morgan fingerprint density at radius 1 is 1.40 bits per heavy atom. The van der Waals surface area contributed by atoms with E-state index in [9.17, 15) is 0 Å². The van der Waals surface area contributed by atoms with Gasteiger partial charge in [0.25, 0.3) is 0 Å². The van der Waals surface area contributed by atoms with Gasteiger partial charge in [-0.05, 0) is 32.2 Å². The number of aliphatic hydroxyl groups is 1. The lowest BCUT2D eigenvalue weighted by molar-refractivity contribution is 0.0729. The Morgan fingerprint density at radius 2 is 2.10 bits per heavy atom. The van der Waals surface area contributed by atoms with Gasteiger partial charge >= 0.3 is 0 Å². The third kappa shape index (κ3) is 15.8. The lowest BCUT2D eigenvalue weighted by Gasteiger charge is -2.21. The summed E-state index contributed by atoms with van der Waals surface area (Å²) in [6.07, 6.45) is 7.29. The molecule has 0 radical (unpaired) electrons. The highest BCUT2D eigenvalue weighted by Crippen LogP contribution is 2.22. The average Bonchev–Trinajstić information content (AvgIpc) is 2.54. The molecule has 6 heteroatoms. The standard InChI is InChI=1S/C8H15NO2S.C5H13N.CH4O/c1-10-7(9)6-12-8-4-2-3-5-11-8;1-2-3-4-5-6;1-2/h8-9H,2-6H2,1H3;2-6H2,1H3;2H,1H3. The summed E-state index contributed by atoms with van der Waals surface area (Å²) in [6, 6.07) is 0. The molecule has 0 amide bonds. The zero-order valence-corrected chi connectivity index (χ0v) is 14.0. The zero-order valence-electron chi connectivity index (χ0n) is 13.2. The molecule has 5 nitrogen and oxygen atoms in total. The molecule has 0 aromatic carbocycles. The molecule has 0 aromatic rings. The highest BCUT2D eigenvalue weighted by atomic mass is 32.2. The summed E-state index contributed by atoms with van der Waals surface area (Å²) in [6.45, 7) is 3.90. The van der Waals surface area contributed by atoms with Crippen LogP contribution in [0.15, 0.2) is 0 Å². The van der Waals surface area contributed by atoms with Crippen LogP contribution in [0.2, 0.25) is 0 Å². The van der Waals surface area contributed by atoms with Crippen molar-refractivity contribution in [2.75, 3.05) is 33.1 Å². The summed E-state index contributed by atoms with van der Waals surface area (Å²) in [5.74, 6) is 0.954. The number of unbranched alkanes of at least 4 members (excludes halogenated alkanes) is 2. The Balaban J connectivity index is 0. The molecule has 1 atom stereocenters. The largest absolute Gasteiger partial charge is 0.484 e. The van der Waals surface area contributed by atoms with Gasteiger partial charge in [-0.15, -0.1) is 11.8 Å². The third-order valence-corrected chi connectivity index (χ3v) is 3.76. The van der Waals surface area contributed by atoms with Gasteiger partial charge in [0.05, 0.1) is 12.9 Å². The summed E-state index contributed by atoms with van der Waals surface area (Å²) in [5.41, 5.74) is 5.50. The summed E-state index contributed by atoms with van der Waals surface area (Å²) >= 11 is 1.66. The molecule has 1 unspecified atom stereocenters. The number of methoxy groups -OCH3 is 1. The maximum atomic E-state index is 7.26. The van der Waals surface area contributed by atoms with Gasteiger partial charge in [-0.3, -0.25) is 5.41 Å². The molecule has 0 aromatic heterocycles. The van der Waals surface area contributed by atoms with E-state index in [0.29, 0.717) is 11.7 Å². The summed E-state index contributed by atoms with van der Waals surface area (Å²) in [7, 11) is 2.53. The van der Waals surface area contributed by atoms with Crippen LogP contribution in [0.25, 0.3) is 0 Å². The van der Waals surface area contributed by atoms with Crippen LogP contribution in [0.1, 0.15) is 45.4 Å². The van der Waals surface area contributed by atoms with Gasteiger partial charge in [0.15, 0.2) is 5.90 Å². The lowest BCUT2D eigenvalue weighted by atomic mass is 10.2. The van der Waals surface area contributed by atoms with Crippen LogP contribution in [0.3, 0.4) is 0 Å². The van der Waals surface area contributed by atoms with E-state index in [-0.39, 0.29) is 5.44 Å². The van der Waals surface area contributed by atoms with E-state index >= 15 is 0 Å². The van der Waals surface area contributed by atoms with Crippen molar-refractivity contribution < 1.29 is 14.6 Å². The van der Waals surface area contributed by atoms with Gasteiger partial charge in [0, 0.05) is 13.7 Å². The van der Waals surface area contributed by atoms with Gasteiger partial charge in [0.2, 0.25) is 0 Å². The van der Waals surface area contributed by atoms with Gasteiger partial charge in [-0.2, -0.15) is 0 Å². The molecular formula is C14H32N2O3S. The fraction of sp³-hybridized carbons (Fsp3) is 0.929. The van der Waals surface area contributed by atoms with Crippen LogP contribution in [0.5, 0.6) is 0 Å². The maximum absolute atomic E-state index is 7.26.